The van der Waals surface area contributed by atoms with Crippen LogP contribution in [0.25, 0.3) is 0 Å². The van der Waals surface area contributed by atoms with Gasteiger partial charge < -0.3 is 9.31 Å². The van der Waals surface area contributed by atoms with Gasteiger partial charge in [0.2, 0.25) is 10.0 Å². The van der Waals surface area contributed by atoms with Crippen LogP contribution in [0.1, 0.15) is 45.7 Å². The Labute approximate surface area is 140 Å². The van der Waals surface area contributed by atoms with Crippen molar-refractivity contribution in [2.75, 3.05) is 5.75 Å². The van der Waals surface area contributed by atoms with E-state index in [1.807, 2.05) is 52.8 Å². The first kappa shape index (κ1) is 18.5. The smallest absolute Gasteiger partial charge is 0.399 e. The Bertz CT molecular complexity index is 669. The molecule has 1 N–H and O–H groups in total. The summed E-state index contributed by atoms with van der Waals surface area (Å²) >= 11 is 0. The van der Waals surface area contributed by atoms with Crippen LogP contribution in [-0.4, -0.2) is 32.5 Å². The quantitative estimate of drug-likeness (QED) is 0.830. The molecule has 1 aromatic carbocycles. The third kappa shape index (κ3) is 3.96. The van der Waals surface area contributed by atoms with Gasteiger partial charge in [0.05, 0.1) is 17.0 Å². The lowest BCUT2D eigenvalue weighted by atomic mass is 9.75. The molecule has 0 bridgehead atoms. The van der Waals surface area contributed by atoms with Crippen LogP contribution in [0.2, 0.25) is 0 Å². The van der Waals surface area contributed by atoms with Crippen LogP contribution in [0.5, 0.6) is 0 Å². The lowest BCUT2D eigenvalue weighted by molar-refractivity contribution is 0.00578. The van der Waals surface area contributed by atoms with Crippen molar-refractivity contribution in [3.8, 4) is 0 Å². The molecule has 7 heteroatoms. The number of hydrogen-bond acceptors (Lipinski definition) is 4. The minimum absolute atomic E-state index is 0.0724. The van der Waals surface area contributed by atoms with Crippen LogP contribution in [-0.2, 0) is 25.9 Å². The van der Waals surface area contributed by atoms with Gasteiger partial charge in [0.25, 0.3) is 0 Å². The summed E-state index contributed by atoms with van der Waals surface area (Å²) in [5.74, 6) is 0.0724. The number of sulfonamides is 1. The zero-order chi connectivity index (χ0) is 17.5. The molecule has 0 radical (unpaired) electrons. The SMILES string of the molecule is CCS(=O)(=O)NCc1ccc(C)c(B2OC(C)(C)C(C)(C)O2)c1. The van der Waals surface area contributed by atoms with E-state index in [0.29, 0.717) is 0 Å². The summed E-state index contributed by atoms with van der Waals surface area (Å²) in [5, 5.41) is 0. The fourth-order valence-corrected chi connectivity index (χ4v) is 2.91. The summed E-state index contributed by atoms with van der Waals surface area (Å²) in [6.07, 6.45) is 0. The van der Waals surface area contributed by atoms with Crippen LogP contribution in [0.3, 0.4) is 0 Å². The van der Waals surface area contributed by atoms with Crippen LogP contribution in [0.4, 0.5) is 0 Å². The summed E-state index contributed by atoms with van der Waals surface area (Å²) in [6.45, 7) is 11.9. The fraction of sp³-hybridized carbons (Fsp3) is 0.625. The Morgan fingerprint density at radius 3 is 2.22 bits per heavy atom. The van der Waals surface area contributed by atoms with Crippen molar-refractivity contribution in [2.24, 2.45) is 0 Å². The largest absolute Gasteiger partial charge is 0.495 e. The van der Waals surface area contributed by atoms with Gasteiger partial charge in [-0.25, -0.2) is 13.1 Å². The third-order valence-electron chi connectivity index (χ3n) is 4.73. The summed E-state index contributed by atoms with van der Waals surface area (Å²) in [6, 6.07) is 5.84. The minimum atomic E-state index is -3.21. The monoisotopic (exact) mass is 339 g/mol. The van der Waals surface area contributed by atoms with E-state index in [1.54, 1.807) is 6.92 Å². The zero-order valence-electron chi connectivity index (χ0n) is 14.8. The van der Waals surface area contributed by atoms with Gasteiger partial charge >= 0.3 is 7.12 Å². The standard InChI is InChI=1S/C16H26BNO4S/c1-7-23(19,20)18-11-13-9-8-12(2)14(10-13)17-21-15(3,4)16(5,6)22-17/h8-10,18H,7,11H2,1-6H3. The maximum atomic E-state index is 11.6. The van der Waals surface area contributed by atoms with Crippen LogP contribution in [0.15, 0.2) is 18.2 Å². The lowest BCUT2D eigenvalue weighted by Crippen LogP contribution is -2.41. The van der Waals surface area contributed by atoms with Crippen molar-refractivity contribution in [1.29, 1.82) is 0 Å². The first-order valence-electron chi connectivity index (χ1n) is 7.90. The number of hydrogen-bond donors (Lipinski definition) is 1. The van der Waals surface area contributed by atoms with Gasteiger partial charge in [0.1, 0.15) is 0 Å². The molecule has 5 nitrogen and oxygen atoms in total. The Hall–Kier alpha value is -0.885. The van der Waals surface area contributed by atoms with E-state index in [1.165, 1.54) is 0 Å². The van der Waals surface area contributed by atoms with Gasteiger partial charge in [-0.3, -0.25) is 0 Å². The highest BCUT2D eigenvalue weighted by Crippen LogP contribution is 2.36. The summed E-state index contributed by atoms with van der Waals surface area (Å²) in [5.41, 5.74) is 2.09. The molecule has 1 saturated heterocycles. The summed E-state index contributed by atoms with van der Waals surface area (Å²) in [7, 11) is -3.65. The van der Waals surface area contributed by atoms with E-state index < -0.39 is 28.3 Å². The summed E-state index contributed by atoms with van der Waals surface area (Å²) in [4.78, 5) is 0. The molecule has 0 unspecified atom stereocenters. The number of benzene rings is 1. The Morgan fingerprint density at radius 2 is 1.70 bits per heavy atom. The second-order valence-electron chi connectivity index (χ2n) is 7.00. The number of rotatable bonds is 5. The van der Waals surface area contributed by atoms with Crippen molar-refractivity contribution in [3.05, 3.63) is 29.3 Å². The topological polar surface area (TPSA) is 64.6 Å². The number of aryl methyl sites for hydroxylation is 1. The maximum absolute atomic E-state index is 11.6. The Kier molecular flexibility index (Phi) is 4.98. The molecule has 0 saturated carbocycles. The molecule has 1 aromatic rings. The molecule has 1 heterocycles. The zero-order valence-corrected chi connectivity index (χ0v) is 15.6. The molecule has 2 rings (SSSR count). The van der Waals surface area contributed by atoms with Crippen LogP contribution in [0, 0.1) is 6.92 Å². The maximum Gasteiger partial charge on any atom is 0.495 e. The number of nitrogens with one attached hydrogen (secondary N) is 1. The van der Waals surface area contributed by atoms with Crippen molar-refractivity contribution in [2.45, 2.75) is 59.3 Å². The molecule has 0 atom stereocenters. The van der Waals surface area contributed by atoms with E-state index in [-0.39, 0.29) is 12.3 Å². The first-order valence-corrected chi connectivity index (χ1v) is 9.55. The van der Waals surface area contributed by atoms with Crippen LogP contribution < -0.4 is 10.2 Å². The van der Waals surface area contributed by atoms with Gasteiger partial charge in [-0.05, 0) is 52.6 Å². The first-order chi connectivity index (χ1) is 10.5. The van der Waals surface area contributed by atoms with Gasteiger partial charge in [-0.2, -0.15) is 0 Å². The van der Waals surface area contributed by atoms with Gasteiger partial charge in [0, 0.05) is 6.54 Å². The molecule has 0 spiro atoms. The third-order valence-corrected chi connectivity index (χ3v) is 6.07. The molecule has 0 aliphatic carbocycles. The second-order valence-corrected chi connectivity index (χ2v) is 9.10. The van der Waals surface area contributed by atoms with E-state index in [0.717, 1.165) is 16.6 Å². The van der Waals surface area contributed by atoms with E-state index in [2.05, 4.69) is 4.72 Å². The summed E-state index contributed by atoms with van der Waals surface area (Å²) < 4.78 is 37.9. The average molecular weight is 339 g/mol. The fourth-order valence-electron chi connectivity index (χ4n) is 2.32. The highest BCUT2D eigenvalue weighted by molar-refractivity contribution is 7.89. The molecule has 0 aromatic heterocycles. The molecule has 0 amide bonds. The van der Waals surface area contributed by atoms with Gasteiger partial charge in [-0.1, -0.05) is 23.8 Å². The second kappa shape index (κ2) is 6.20. The average Bonchev–Trinajstić information content (AvgIpc) is 2.66. The van der Waals surface area contributed by atoms with Crippen molar-refractivity contribution < 1.29 is 17.7 Å². The normalized spacial score (nSPS) is 20.0. The van der Waals surface area contributed by atoms with Gasteiger partial charge in [0.15, 0.2) is 0 Å². The molecule has 1 aliphatic rings. The molecular formula is C16H26BNO4S. The van der Waals surface area contributed by atoms with Gasteiger partial charge in [-0.15, -0.1) is 0 Å². The lowest BCUT2D eigenvalue weighted by Gasteiger charge is -2.32. The molecular weight excluding hydrogens is 313 g/mol. The Morgan fingerprint density at radius 1 is 1.13 bits per heavy atom. The molecule has 1 aliphatic heterocycles. The van der Waals surface area contributed by atoms with E-state index in [9.17, 15) is 8.42 Å². The minimum Gasteiger partial charge on any atom is -0.399 e. The van der Waals surface area contributed by atoms with E-state index in [4.69, 9.17) is 9.31 Å². The van der Waals surface area contributed by atoms with Crippen molar-refractivity contribution >= 4 is 22.6 Å². The highest BCUT2D eigenvalue weighted by atomic mass is 32.2. The molecule has 128 valence electrons. The molecule has 23 heavy (non-hydrogen) atoms. The molecule has 1 fully saturated rings. The van der Waals surface area contributed by atoms with Crippen LogP contribution >= 0.6 is 0 Å². The van der Waals surface area contributed by atoms with Crippen molar-refractivity contribution in [1.82, 2.24) is 4.72 Å². The highest BCUT2D eigenvalue weighted by Gasteiger charge is 2.52. The van der Waals surface area contributed by atoms with Crippen molar-refractivity contribution in [3.63, 3.8) is 0 Å². The van der Waals surface area contributed by atoms with E-state index >= 15 is 0 Å². The predicted octanol–water partition coefficient (Wildman–Crippen LogP) is 1.73. The Balaban J connectivity index is 2.22. The predicted molar refractivity (Wildman–Crippen MR) is 93.2 cm³/mol.